The molecule has 8 nitrogen and oxygen atoms in total. The van der Waals surface area contributed by atoms with Gasteiger partial charge in [0, 0.05) is 5.56 Å². The van der Waals surface area contributed by atoms with Gasteiger partial charge in [0.05, 0.1) is 18.7 Å². The van der Waals surface area contributed by atoms with Crippen molar-refractivity contribution in [2.75, 3.05) is 12.4 Å². The van der Waals surface area contributed by atoms with Gasteiger partial charge in [-0.15, -0.1) is 0 Å². The van der Waals surface area contributed by atoms with Crippen molar-refractivity contribution in [1.82, 2.24) is 20.2 Å². The lowest BCUT2D eigenvalue weighted by Gasteiger charge is -2.27. The van der Waals surface area contributed by atoms with Crippen LogP contribution in [0.1, 0.15) is 18.5 Å². The molecule has 0 radical (unpaired) electrons. The van der Waals surface area contributed by atoms with E-state index in [1.165, 1.54) is 32.2 Å². The molecule has 1 N–H and O–H groups in total. The summed E-state index contributed by atoms with van der Waals surface area (Å²) in [6, 6.07) is 5.05. The Bertz CT molecular complexity index is 829. The maximum atomic E-state index is 14.2. The second kappa shape index (κ2) is 5.59. The molecule has 1 aliphatic rings. The van der Waals surface area contributed by atoms with Gasteiger partial charge in [0.15, 0.2) is 11.5 Å². The van der Waals surface area contributed by atoms with Gasteiger partial charge in [-0.05, 0) is 23.4 Å². The molecule has 0 bridgehead atoms. The number of hydrogen-bond donors (Lipinski definition) is 1. The van der Waals surface area contributed by atoms with Gasteiger partial charge in [-0.2, -0.15) is 4.68 Å². The van der Waals surface area contributed by atoms with E-state index in [2.05, 4.69) is 20.8 Å². The number of esters is 1. The summed E-state index contributed by atoms with van der Waals surface area (Å²) in [4.78, 5) is 24.3. The smallest absolute Gasteiger partial charge is 0.357 e. The highest BCUT2D eigenvalue weighted by atomic mass is 19.1. The first kappa shape index (κ1) is 14.8. The number of fused-ring (bicyclic) bond motifs is 1. The lowest BCUT2D eigenvalue weighted by Crippen LogP contribution is -2.31. The average Bonchev–Trinajstić information content (AvgIpc) is 3.00. The van der Waals surface area contributed by atoms with E-state index in [4.69, 9.17) is 4.74 Å². The zero-order valence-corrected chi connectivity index (χ0v) is 12.3. The summed E-state index contributed by atoms with van der Waals surface area (Å²) in [6.07, 6.45) is 0. The molecule has 0 spiro atoms. The number of nitrogens with one attached hydrogen (secondary N) is 1. The number of ketones is 1. The topological polar surface area (TPSA) is 99.0 Å². The Kier molecular flexibility index (Phi) is 3.61. The van der Waals surface area contributed by atoms with Gasteiger partial charge in [-0.1, -0.05) is 23.3 Å². The van der Waals surface area contributed by atoms with E-state index in [0.29, 0.717) is 0 Å². The van der Waals surface area contributed by atoms with Crippen LogP contribution in [0.15, 0.2) is 29.8 Å². The van der Waals surface area contributed by atoms with Crippen molar-refractivity contribution in [1.29, 1.82) is 0 Å². The van der Waals surface area contributed by atoms with Crippen LogP contribution in [0, 0.1) is 5.82 Å². The number of carbonyl (C=O) groups is 2. The van der Waals surface area contributed by atoms with Crippen molar-refractivity contribution >= 4 is 23.4 Å². The van der Waals surface area contributed by atoms with Crippen molar-refractivity contribution in [2.45, 2.75) is 13.0 Å². The molecule has 0 amide bonds. The number of rotatable bonds is 3. The monoisotopic (exact) mass is 317 g/mol. The second-order valence-electron chi connectivity index (χ2n) is 4.82. The van der Waals surface area contributed by atoms with Crippen molar-refractivity contribution in [3.05, 3.63) is 41.2 Å². The maximum Gasteiger partial charge on any atom is 0.357 e. The summed E-state index contributed by atoms with van der Waals surface area (Å²) in [5.74, 6) is -1.61. The number of hydrogen-bond acceptors (Lipinski definition) is 7. The Morgan fingerprint density at radius 1 is 1.35 bits per heavy atom. The number of aromatic nitrogens is 4. The van der Waals surface area contributed by atoms with Crippen molar-refractivity contribution in [3.63, 3.8) is 0 Å². The Morgan fingerprint density at radius 3 is 2.74 bits per heavy atom. The van der Waals surface area contributed by atoms with E-state index >= 15 is 0 Å². The fraction of sp³-hybridized carbons (Fsp3) is 0.214. The Morgan fingerprint density at radius 2 is 2.09 bits per heavy atom. The first-order chi connectivity index (χ1) is 11.0. The van der Waals surface area contributed by atoms with Crippen LogP contribution >= 0.6 is 0 Å². The maximum absolute atomic E-state index is 14.2. The van der Waals surface area contributed by atoms with Crippen molar-refractivity contribution in [3.8, 4) is 0 Å². The van der Waals surface area contributed by atoms with E-state index in [-0.39, 0.29) is 22.8 Å². The predicted octanol–water partition coefficient (Wildman–Crippen LogP) is 0.952. The van der Waals surface area contributed by atoms with Gasteiger partial charge in [-0.3, -0.25) is 4.79 Å². The molecule has 0 aliphatic carbocycles. The quantitative estimate of drug-likeness (QED) is 0.841. The minimum Gasteiger partial charge on any atom is -0.464 e. The fourth-order valence-electron chi connectivity index (χ4n) is 2.49. The molecule has 9 heteroatoms. The highest BCUT2D eigenvalue weighted by molar-refractivity contribution is 6.20. The van der Waals surface area contributed by atoms with E-state index in [9.17, 15) is 14.0 Å². The lowest BCUT2D eigenvalue weighted by atomic mass is 9.92. The number of anilines is 1. The summed E-state index contributed by atoms with van der Waals surface area (Å²) in [5, 5.41) is 13.8. The van der Waals surface area contributed by atoms with E-state index in [1.807, 2.05) is 0 Å². The van der Waals surface area contributed by atoms with Crippen LogP contribution in [0.5, 0.6) is 0 Å². The zero-order chi connectivity index (χ0) is 16.6. The third-order valence-corrected chi connectivity index (χ3v) is 3.47. The fourth-order valence-corrected chi connectivity index (χ4v) is 2.49. The summed E-state index contributed by atoms with van der Waals surface area (Å²) in [5.41, 5.74) is 0.0992. The van der Waals surface area contributed by atoms with Crippen molar-refractivity contribution < 1.29 is 18.7 Å². The van der Waals surface area contributed by atoms with Gasteiger partial charge in [0.25, 0.3) is 0 Å². The van der Waals surface area contributed by atoms with E-state index in [0.717, 1.165) is 4.68 Å². The van der Waals surface area contributed by atoms with Crippen LogP contribution in [-0.2, 0) is 14.3 Å². The first-order valence-electron chi connectivity index (χ1n) is 6.67. The number of ether oxygens (including phenoxy) is 1. The lowest BCUT2D eigenvalue weighted by molar-refractivity contribution is -0.134. The molecule has 1 aromatic heterocycles. The SMILES string of the molecule is COC(=O)C1=C(C(C)=O)C(c2ccccc2F)Nc2nnnn21. The second-order valence-corrected chi connectivity index (χ2v) is 4.82. The summed E-state index contributed by atoms with van der Waals surface area (Å²) < 4.78 is 20.0. The number of benzene rings is 1. The summed E-state index contributed by atoms with van der Waals surface area (Å²) >= 11 is 0. The molecular weight excluding hydrogens is 305 g/mol. The number of methoxy groups -OCH3 is 1. The highest BCUT2D eigenvalue weighted by Gasteiger charge is 2.37. The standard InChI is InChI=1S/C14H12FN5O3/c1-7(21)10-11(8-5-3-4-6-9(8)15)16-14-17-18-19-20(14)12(10)13(22)23-2/h3-6,11H,1-2H3,(H,16,17,19). The van der Waals surface area contributed by atoms with Crippen LogP contribution in [0.2, 0.25) is 0 Å². The Labute approximate surface area is 129 Å². The molecule has 2 aromatic rings. The van der Waals surface area contributed by atoms with Crippen LogP contribution in [0.4, 0.5) is 10.3 Å². The molecule has 1 aromatic carbocycles. The molecule has 118 valence electrons. The Balaban J connectivity index is 2.28. The Hall–Kier alpha value is -3.10. The van der Waals surface area contributed by atoms with Crippen molar-refractivity contribution in [2.24, 2.45) is 0 Å². The van der Waals surface area contributed by atoms with Crippen LogP contribution in [0.25, 0.3) is 5.70 Å². The van der Waals surface area contributed by atoms with Gasteiger partial charge in [0.1, 0.15) is 5.82 Å². The minimum atomic E-state index is -0.902. The van der Waals surface area contributed by atoms with Gasteiger partial charge in [-0.25, -0.2) is 9.18 Å². The minimum absolute atomic E-state index is 0.0294. The molecular formula is C14H12FN5O3. The highest BCUT2D eigenvalue weighted by Crippen LogP contribution is 2.36. The summed E-state index contributed by atoms with van der Waals surface area (Å²) in [7, 11) is 1.18. The normalized spacial score (nSPS) is 16.6. The molecule has 1 aliphatic heterocycles. The number of halogens is 1. The third kappa shape index (κ3) is 2.35. The number of nitrogens with zero attached hydrogens (tertiary/aromatic N) is 4. The molecule has 0 saturated heterocycles. The largest absolute Gasteiger partial charge is 0.464 e. The van der Waals surface area contributed by atoms with E-state index in [1.54, 1.807) is 6.07 Å². The number of carbonyl (C=O) groups excluding carboxylic acids is 2. The predicted molar refractivity (Wildman–Crippen MR) is 76.5 cm³/mol. The number of Topliss-reactive ketones (excluding diaryl/α,β-unsaturated/α-hetero) is 1. The molecule has 23 heavy (non-hydrogen) atoms. The van der Waals surface area contributed by atoms with Gasteiger partial charge >= 0.3 is 5.97 Å². The molecule has 0 fully saturated rings. The van der Waals surface area contributed by atoms with Crippen LogP contribution < -0.4 is 5.32 Å². The van der Waals surface area contributed by atoms with E-state index < -0.39 is 23.6 Å². The van der Waals surface area contributed by atoms with Crippen LogP contribution in [-0.4, -0.2) is 39.1 Å². The molecule has 0 saturated carbocycles. The van der Waals surface area contributed by atoms with Gasteiger partial charge < -0.3 is 10.1 Å². The summed E-state index contributed by atoms with van der Waals surface area (Å²) in [6.45, 7) is 1.28. The molecule has 3 rings (SSSR count). The third-order valence-electron chi connectivity index (χ3n) is 3.47. The number of tetrazole rings is 1. The molecule has 1 atom stereocenters. The zero-order valence-electron chi connectivity index (χ0n) is 12.3. The van der Waals surface area contributed by atoms with Crippen LogP contribution in [0.3, 0.4) is 0 Å². The first-order valence-corrected chi connectivity index (χ1v) is 6.67. The van der Waals surface area contributed by atoms with Gasteiger partial charge in [0.2, 0.25) is 5.95 Å². The average molecular weight is 317 g/mol. The molecule has 1 unspecified atom stereocenters. The molecule has 2 heterocycles.